The van der Waals surface area contributed by atoms with Gasteiger partial charge < -0.3 is 10.1 Å². The smallest absolute Gasteiger partial charge is 0.310 e. The van der Waals surface area contributed by atoms with E-state index in [0.29, 0.717) is 5.82 Å². The van der Waals surface area contributed by atoms with E-state index in [4.69, 9.17) is 16.3 Å². The van der Waals surface area contributed by atoms with Crippen LogP contribution in [-0.2, 0) is 9.53 Å². The van der Waals surface area contributed by atoms with Gasteiger partial charge in [-0.25, -0.2) is 4.98 Å². The van der Waals surface area contributed by atoms with Crippen molar-refractivity contribution in [1.82, 2.24) is 9.97 Å². The number of halogens is 2. The first-order chi connectivity index (χ1) is 9.98. The molecule has 0 spiro atoms. The normalized spacial score (nSPS) is 18.9. The minimum Gasteiger partial charge on any atom is -0.469 e. The summed E-state index contributed by atoms with van der Waals surface area (Å²) in [5, 5.41) is 3.68. The van der Waals surface area contributed by atoms with Gasteiger partial charge in [-0.15, -0.1) is 0 Å². The number of anilines is 1. The molecule has 1 aliphatic rings. The number of esters is 1. The van der Waals surface area contributed by atoms with Crippen molar-refractivity contribution in [3.05, 3.63) is 15.1 Å². The Labute approximate surface area is 143 Å². The maximum Gasteiger partial charge on any atom is 0.310 e. The molecule has 1 unspecified atom stereocenters. The number of hydrogen-bond acceptors (Lipinski definition) is 5. The number of carbonyl (C=O) groups is 1. The van der Waals surface area contributed by atoms with E-state index in [1.165, 1.54) is 13.5 Å². The predicted molar refractivity (Wildman–Crippen MR) is 90.4 cm³/mol. The molecular weight excluding hydrogens is 405 g/mol. The molecule has 116 valence electrons. The van der Waals surface area contributed by atoms with Crippen molar-refractivity contribution in [1.29, 1.82) is 0 Å². The number of carbonyl (C=O) groups excluding carboxylic acids is 1. The molecule has 0 saturated heterocycles. The van der Waals surface area contributed by atoms with Gasteiger partial charge in [0.1, 0.15) is 5.82 Å². The number of aromatic nitrogens is 2. The third kappa shape index (κ3) is 3.77. The number of ether oxygens (including phenoxy) is 1. The molecule has 0 radical (unpaired) electrons. The maximum atomic E-state index is 12.0. The number of nitrogens with zero attached hydrogens (tertiary/aromatic N) is 2. The SMILES string of the molecule is COC(=O)C(C)C1(Nc2nc(Cl)ncc2I)CCCCC1. The fraction of sp³-hybridized carbons (Fsp3) is 0.643. The van der Waals surface area contributed by atoms with E-state index in [1.54, 1.807) is 6.20 Å². The Bertz CT molecular complexity index is 521. The highest BCUT2D eigenvalue weighted by molar-refractivity contribution is 14.1. The van der Waals surface area contributed by atoms with Crippen LogP contribution in [0.15, 0.2) is 6.20 Å². The number of methoxy groups -OCH3 is 1. The summed E-state index contributed by atoms with van der Waals surface area (Å²) in [6.07, 6.45) is 6.88. The first-order valence-electron chi connectivity index (χ1n) is 7.02. The first kappa shape index (κ1) is 16.7. The minimum absolute atomic E-state index is 0.195. The molecule has 0 bridgehead atoms. The van der Waals surface area contributed by atoms with Gasteiger partial charge in [0.15, 0.2) is 0 Å². The lowest BCUT2D eigenvalue weighted by Gasteiger charge is -2.42. The Morgan fingerprint density at radius 3 is 2.76 bits per heavy atom. The highest BCUT2D eigenvalue weighted by Crippen LogP contribution is 2.38. The van der Waals surface area contributed by atoms with Crippen molar-refractivity contribution in [3.8, 4) is 0 Å². The molecule has 0 aromatic carbocycles. The van der Waals surface area contributed by atoms with Gasteiger partial charge in [0.05, 0.1) is 22.1 Å². The molecule has 1 fully saturated rings. The highest BCUT2D eigenvalue weighted by atomic mass is 127. The van der Waals surface area contributed by atoms with Crippen LogP contribution < -0.4 is 5.32 Å². The van der Waals surface area contributed by atoms with Crippen LogP contribution in [-0.4, -0.2) is 28.6 Å². The van der Waals surface area contributed by atoms with Gasteiger partial charge in [0.2, 0.25) is 5.28 Å². The molecule has 1 saturated carbocycles. The third-order valence-electron chi connectivity index (χ3n) is 4.21. The molecule has 2 rings (SSSR count). The quantitative estimate of drug-likeness (QED) is 0.455. The van der Waals surface area contributed by atoms with Crippen LogP contribution in [0.5, 0.6) is 0 Å². The first-order valence-corrected chi connectivity index (χ1v) is 8.48. The van der Waals surface area contributed by atoms with E-state index in [1.807, 2.05) is 6.92 Å². The zero-order valence-electron chi connectivity index (χ0n) is 12.2. The second kappa shape index (κ2) is 7.09. The molecule has 1 heterocycles. The van der Waals surface area contributed by atoms with E-state index in [2.05, 4.69) is 37.9 Å². The lowest BCUT2D eigenvalue weighted by Crippen LogP contribution is -2.49. The maximum absolute atomic E-state index is 12.0. The van der Waals surface area contributed by atoms with Gasteiger partial charge in [-0.2, -0.15) is 4.98 Å². The number of rotatable bonds is 4. The van der Waals surface area contributed by atoms with Crippen LogP contribution >= 0.6 is 34.2 Å². The van der Waals surface area contributed by atoms with Gasteiger partial charge >= 0.3 is 5.97 Å². The van der Waals surface area contributed by atoms with Crippen molar-refractivity contribution in [2.24, 2.45) is 5.92 Å². The molecule has 0 amide bonds. The number of nitrogens with one attached hydrogen (secondary N) is 1. The molecule has 1 aliphatic carbocycles. The van der Waals surface area contributed by atoms with E-state index < -0.39 is 0 Å². The topological polar surface area (TPSA) is 64.1 Å². The van der Waals surface area contributed by atoms with Gasteiger partial charge in [-0.3, -0.25) is 4.79 Å². The standard InChI is InChI=1S/C14H19ClIN3O2/c1-9(12(20)21-2)14(6-4-3-5-7-14)19-11-10(16)8-17-13(15)18-11/h8-9H,3-7H2,1-2H3,(H,17,18,19). The van der Waals surface area contributed by atoms with Crippen LogP contribution in [0.1, 0.15) is 39.0 Å². The van der Waals surface area contributed by atoms with E-state index in [0.717, 1.165) is 29.3 Å². The van der Waals surface area contributed by atoms with Crippen molar-refractivity contribution >= 4 is 46.0 Å². The molecule has 1 atom stereocenters. The lowest BCUT2D eigenvalue weighted by atomic mass is 9.73. The molecule has 7 heteroatoms. The summed E-state index contributed by atoms with van der Waals surface area (Å²) >= 11 is 8.06. The molecule has 1 N–H and O–H groups in total. The van der Waals surface area contributed by atoms with E-state index >= 15 is 0 Å². The summed E-state index contributed by atoms with van der Waals surface area (Å²) in [6, 6.07) is 0. The van der Waals surface area contributed by atoms with E-state index in [9.17, 15) is 4.79 Å². The Kier molecular flexibility index (Phi) is 5.65. The summed E-state index contributed by atoms with van der Waals surface area (Å²) in [5.41, 5.74) is -0.330. The molecule has 0 aliphatic heterocycles. The van der Waals surface area contributed by atoms with Crippen molar-refractivity contribution in [2.75, 3.05) is 12.4 Å². The summed E-state index contributed by atoms with van der Waals surface area (Å²) in [6.45, 7) is 1.92. The van der Waals surface area contributed by atoms with Crippen LogP contribution in [0.2, 0.25) is 5.28 Å². The van der Waals surface area contributed by atoms with Gasteiger partial charge in [-0.1, -0.05) is 19.3 Å². The summed E-state index contributed by atoms with van der Waals surface area (Å²) in [4.78, 5) is 20.3. The monoisotopic (exact) mass is 423 g/mol. The van der Waals surface area contributed by atoms with Crippen LogP contribution in [0, 0.1) is 9.49 Å². The van der Waals surface area contributed by atoms with E-state index in [-0.39, 0.29) is 22.7 Å². The van der Waals surface area contributed by atoms with Crippen LogP contribution in [0.25, 0.3) is 0 Å². The minimum atomic E-state index is -0.330. The summed E-state index contributed by atoms with van der Waals surface area (Å²) in [5.74, 6) is 0.250. The van der Waals surface area contributed by atoms with Crippen LogP contribution in [0.3, 0.4) is 0 Å². The van der Waals surface area contributed by atoms with Crippen molar-refractivity contribution in [2.45, 2.75) is 44.6 Å². The zero-order valence-corrected chi connectivity index (χ0v) is 15.1. The molecule has 5 nitrogen and oxygen atoms in total. The summed E-state index contributed by atoms with van der Waals surface area (Å²) in [7, 11) is 1.43. The molecule has 1 aromatic rings. The zero-order chi connectivity index (χ0) is 15.5. The van der Waals surface area contributed by atoms with Gasteiger partial charge in [0, 0.05) is 6.20 Å². The van der Waals surface area contributed by atoms with Crippen LogP contribution in [0.4, 0.5) is 5.82 Å². The highest BCUT2D eigenvalue weighted by Gasteiger charge is 2.42. The fourth-order valence-corrected chi connectivity index (χ4v) is 3.45. The second-order valence-corrected chi connectivity index (χ2v) is 6.92. The fourth-order valence-electron chi connectivity index (χ4n) is 2.92. The Hall–Kier alpha value is -0.630. The van der Waals surface area contributed by atoms with Gasteiger partial charge in [-0.05, 0) is 54.0 Å². The Morgan fingerprint density at radius 1 is 1.48 bits per heavy atom. The lowest BCUT2D eigenvalue weighted by molar-refractivity contribution is -0.147. The molecule has 21 heavy (non-hydrogen) atoms. The molecule has 1 aromatic heterocycles. The van der Waals surface area contributed by atoms with Gasteiger partial charge in [0.25, 0.3) is 0 Å². The second-order valence-electron chi connectivity index (χ2n) is 5.42. The predicted octanol–water partition coefficient (Wildman–Crippen LogP) is 3.66. The average Bonchev–Trinajstić information content (AvgIpc) is 2.50. The third-order valence-corrected chi connectivity index (χ3v) is 5.18. The Balaban J connectivity index is 2.32. The largest absolute Gasteiger partial charge is 0.469 e. The molecular formula is C14H19ClIN3O2. The average molecular weight is 424 g/mol. The van der Waals surface area contributed by atoms with Crippen molar-refractivity contribution in [3.63, 3.8) is 0 Å². The summed E-state index contributed by atoms with van der Waals surface area (Å²) < 4.78 is 5.83. The Morgan fingerprint density at radius 2 is 2.14 bits per heavy atom. The van der Waals surface area contributed by atoms with Crippen molar-refractivity contribution < 1.29 is 9.53 Å². The number of hydrogen-bond donors (Lipinski definition) is 1.